The molecule has 1 rings (SSSR count). The number of hydrogen-bond donors (Lipinski definition) is 2. The third kappa shape index (κ3) is 2.67. The van der Waals surface area contributed by atoms with Crippen molar-refractivity contribution in [2.24, 2.45) is 0 Å². The molecule has 0 aromatic heterocycles. The second-order valence-electron chi connectivity index (χ2n) is 2.48. The van der Waals surface area contributed by atoms with E-state index in [4.69, 9.17) is 5.73 Å². The van der Waals surface area contributed by atoms with Crippen LogP contribution in [0.1, 0.15) is 12.0 Å². The first kappa shape index (κ1) is 9.94. The second-order valence-corrected chi connectivity index (χ2v) is 2.93. The standard InChI is InChI=1S/C10H10FNS/c11-10-8(4-1-2-7-13)5-3-6-9(10)12/h3,5-6,13H,2,7,12H2. The summed E-state index contributed by atoms with van der Waals surface area (Å²) in [7, 11) is 0. The van der Waals surface area contributed by atoms with Crippen LogP contribution in [-0.2, 0) is 0 Å². The van der Waals surface area contributed by atoms with Crippen LogP contribution >= 0.6 is 12.6 Å². The monoisotopic (exact) mass is 195 g/mol. The van der Waals surface area contributed by atoms with E-state index in [0.29, 0.717) is 17.7 Å². The summed E-state index contributed by atoms with van der Waals surface area (Å²) in [4.78, 5) is 0. The summed E-state index contributed by atoms with van der Waals surface area (Å²) in [5, 5.41) is 0. The van der Waals surface area contributed by atoms with E-state index >= 15 is 0 Å². The van der Waals surface area contributed by atoms with Crippen molar-refractivity contribution in [2.45, 2.75) is 6.42 Å². The fourth-order valence-electron chi connectivity index (χ4n) is 0.860. The average molecular weight is 195 g/mol. The van der Waals surface area contributed by atoms with Crippen LogP contribution in [0.4, 0.5) is 10.1 Å². The molecule has 68 valence electrons. The maximum absolute atomic E-state index is 13.2. The number of benzene rings is 1. The predicted molar refractivity (Wildman–Crippen MR) is 56.2 cm³/mol. The highest BCUT2D eigenvalue weighted by Crippen LogP contribution is 2.13. The highest BCUT2D eigenvalue weighted by Gasteiger charge is 2.00. The largest absolute Gasteiger partial charge is 0.396 e. The van der Waals surface area contributed by atoms with Gasteiger partial charge >= 0.3 is 0 Å². The highest BCUT2D eigenvalue weighted by molar-refractivity contribution is 7.80. The van der Waals surface area contributed by atoms with Crippen molar-refractivity contribution in [2.75, 3.05) is 11.5 Å². The van der Waals surface area contributed by atoms with Crippen molar-refractivity contribution in [3.63, 3.8) is 0 Å². The van der Waals surface area contributed by atoms with Gasteiger partial charge in [-0.2, -0.15) is 12.6 Å². The van der Waals surface area contributed by atoms with Crippen LogP contribution in [0.3, 0.4) is 0 Å². The molecule has 0 aliphatic carbocycles. The van der Waals surface area contributed by atoms with E-state index in [0.717, 1.165) is 0 Å². The summed E-state index contributed by atoms with van der Waals surface area (Å²) in [5.41, 5.74) is 5.85. The van der Waals surface area contributed by atoms with Crippen LogP contribution in [0.2, 0.25) is 0 Å². The first-order valence-electron chi connectivity index (χ1n) is 3.89. The molecule has 0 fully saturated rings. The molecular formula is C10H10FNS. The van der Waals surface area contributed by atoms with Gasteiger partial charge in [0.1, 0.15) is 0 Å². The van der Waals surface area contributed by atoms with E-state index in [1.807, 2.05) is 0 Å². The molecule has 0 aliphatic rings. The number of hydrogen-bond acceptors (Lipinski definition) is 2. The summed E-state index contributed by atoms with van der Waals surface area (Å²) < 4.78 is 13.2. The van der Waals surface area contributed by atoms with Gasteiger partial charge in [-0.3, -0.25) is 0 Å². The molecule has 13 heavy (non-hydrogen) atoms. The minimum Gasteiger partial charge on any atom is -0.396 e. The zero-order valence-corrected chi connectivity index (χ0v) is 7.94. The lowest BCUT2D eigenvalue weighted by Gasteiger charge is -1.96. The van der Waals surface area contributed by atoms with Gasteiger partial charge in [-0.15, -0.1) is 0 Å². The Balaban J connectivity index is 2.91. The van der Waals surface area contributed by atoms with Crippen LogP contribution in [-0.4, -0.2) is 5.75 Å². The van der Waals surface area contributed by atoms with Crippen LogP contribution in [0.25, 0.3) is 0 Å². The van der Waals surface area contributed by atoms with Gasteiger partial charge in [0.25, 0.3) is 0 Å². The number of nitrogen functional groups attached to an aromatic ring is 1. The molecule has 1 aromatic carbocycles. The van der Waals surface area contributed by atoms with Crippen molar-refractivity contribution in [3.8, 4) is 11.8 Å². The highest BCUT2D eigenvalue weighted by atomic mass is 32.1. The van der Waals surface area contributed by atoms with Gasteiger partial charge in [0.2, 0.25) is 0 Å². The Morgan fingerprint density at radius 1 is 1.46 bits per heavy atom. The topological polar surface area (TPSA) is 26.0 Å². The zero-order chi connectivity index (χ0) is 9.68. The zero-order valence-electron chi connectivity index (χ0n) is 7.05. The fraction of sp³-hybridized carbons (Fsp3) is 0.200. The molecule has 0 bridgehead atoms. The van der Waals surface area contributed by atoms with Crippen LogP contribution < -0.4 is 5.73 Å². The lowest BCUT2D eigenvalue weighted by Crippen LogP contribution is -1.92. The first-order valence-corrected chi connectivity index (χ1v) is 4.52. The molecule has 1 aromatic rings. The Morgan fingerprint density at radius 2 is 2.23 bits per heavy atom. The van der Waals surface area contributed by atoms with Gasteiger partial charge in [-0.25, -0.2) is 4.39 Å². The van der Waals surface area contributed by atoms with Gasteiger partial charge in [0.05, 0.1) is 11.3 Å². The predicted octanol–water partition coefficient (Wildman–Crippen LogP) is 2.08. The van der Waals surface area contributed by atoms with E-state index in [1.54, 1.807) is 12.1 Å². The smallest absolute Gasteiger partial charge is 0.161 e. The molecule has 0 saturated carbocycles. The molecule has 0 heterocycles. The maximum Gasteiger partial charge on any atom is 0.161 e. The lowest BCUT2D eigenvalue weighted by molar-refractivity contribution is 0.629. The third-order valence-corrected chi connectivity index (χ3v) is 1.71. The average Bonchev–Trinajstić information content (AvgIpc) is 2.13. The van der Waals surface area contributed by atoms with E-state index in [9.17, 15) is 4.39 Å². The van der Waals surface area contributed by atoms with Crippen LogP contribution in [0.15, 0.2) is 18.2 Å². The summed E-state index contributed by atoms with van der Waals surface area (Å²) >= 11 is 3.99. The minimum atomic E-state index is -0.436. The number of nitrogens with two attached hydrogens (primary N) is 1. The van der Waals surface area contributed by atoms with E-state index in [-0.39, 0.29) is 5.69 Å². The Labute approximate surface area is 82.6 Å². The molecular weight excluding hydrogens is 185 g/mol. The van der Waals surface area contributed by atoms with Gasteiger partial charge in [-0.1, -0.05) is 17.9 Å². The molecule has 2 N–H and O–H groups in total. The van der Waals surface area contributed by atoms with Crippen molar-refractivity contribution in [3.05, 3.63) is 29.6 Å². The fourth-order valence-corrected chi connectivity index (χ4v) is 0.972. The molecule has 0 spiro atoms. The molecule has 1 nitrogen and oxygen atoms in total. The SMILES string of the molecule is Nc1cccc(C#CCCS)c1F. The number of halogens is 1. The quantitative estimate of drug-likeness (QED) is 0.400. The van der Waals surface area contributed by atoms with Gasteiger partial charge in [-0.05, 0) is 12.1 Å². The Hall–Kier alpha value is -1.14. The summed E-state index contributed by atoms with van der Waals surface area (Å²) in [6, 6.07) is 4.81. The van der Waals surface area contributed by atoms with E-state index < -0.39 is 5.82 Å². The Kier molecular flexibility index (Phi) is 3.66. The molecule has 0 saturated heterocycles. The minimum absolute atomic E-state index is 0.137. The van der Waals surface area contributed by atoms with E-state index in [2.05, 4.69) is 24.5 Å². The summed E-state index contributed by atoms with van der Waals surface area (Å²) in [6.07, 6.45) is 0.650. The Bertz CT molecular complexity index is 352. The second kappa shape index (κ2) is 4.78. The van der Waals surface area contributed by atoms with Crippen LogP contribution in [0, 0.1) is 17.7 Å². The van der Waals surface area contributed by atoms with Gasteiger partial charge in [0.15, 0.2) is 5.82 Å². The molecule has 0 atom stereocenters. The number of rotatable bonds is 1. The lowest BCUT2D eigenvalue weighted by atomic mass is 10.2. The first-order chi connectivity index (χ1) is 6.25. The molecule has 0 aliphatic heterocycles. The molecule has 3 heteroatoms. The number of anilines is 1. The van der Waals surface area contributed by atoms with Crippen molar-refractivity contribution < 1.29 is 4.39 Å². The van der Waals surface area contributed by atoms with Crippen LogP contribution in [0.5, 0.6) is 0 Å². The Morgan fingerprint density at radius 3 is 2.92 bits per heavy atom. The van der Waals surface area contributed by atoms with E-state index in [1.165, 1.54) is 6.07 Å². The van der Waals surface area contributed by atoms with Gasteiger partial charge < -0.3 is 5.73 Å². The van der Waals surface area contributed by atoms with Crippen molar-refractivity contribution >= 4 is 18.3 Å². The summed E-state index contributed by atoms with van der Waals surface area (Å²) in [5.74, 6) is 5.74. The summed E-state index contributed by atoms with van der Waals surface area (Å²) in [6.45, 7) is 0. The van der Waals surface area contributed by atoms with Gasteiger partial charge in [0, 0.05) is 12.2 Å². The molecule has 0 amide bonds. The normalized spacial score (nSPS) is 9.08. The van der Waals surface area contributed by atoms with Crippen molar-refractivity contribution in [1.82, 2.24) is 0 Å². The number of thiol groups is 1. The van der Waals surface area contributed by atoms with Crippen molar-refractivity contribution in [1.29, 1.82) is 0 Å². The molecule has 0 radical (unpaired) electrons. The third-order valence-electron chi connectivity index (χ3n) is 1.49. The molecule has 0 unspecified atom stereocenters. The maximum atomic E-state index is 13.2.